The van der Waals surface area contributed by atoms with Gasteiger partial charge in [0.2, 0.25) is 0 Å². The first-order valence-electron chi connectivity index (χ1n) is 8.94. The number of carbonyl (C=O) groups is 1. The lowest BCUT2D eigenvalue weighted by atomic mass is 10.1. The first kappa shape index (κ1) is 20.7. The van der Waals surface area contributed by atoms with Gasteiger partial charge in [0.1, 0.15) is 0 Å². The molecule has 0 aliphatic carbocycles. The molecule has 2 nitrogen and oxygen atoms in total. The first-order valence-corrected chi connectivity index (χ1v) is 8.94. The van der Waals surface area contributed by atoms with Crippen LogP contribution in [0.15, 0.2) is 36.5 Å². The summed E-state index contributed by atoms with van der Waals surface area (Å²) >= 11 is 0. The van der Waals surface area contributed by atoms with E-state index in [4.69, 9.17) is 5.11 Å². The lowest BCUT2D eigenvalue weighted by Crippen LogP contribution is -1.91. The van der Waals surface area contributed by atoms with Gasteiger partial charge in [0, 0.05) is 6.42 Å². The van der Waals surface area contributed by atoms with Crippen LogP contribution in [-0.2, 0) is 4.79 Å². The van der Waals surface area contributed by atoms with E-state index >= 15 is 0 Å². The molecule has 0 unspecified atom stereocenters. The molecule has 0 aliphatic heterocycles. The Balaban J connectivity index is 3.17. The van der Waals surface area contributed by atoms with E-state index in [9.17, 15) is 4.79 Å². The molecular formula is C20H34O2. The normalized spacial score (nSPS) is 12.0. The molecular weight excluding hydrogens is 272 g/mol. The highest BCUT2D eigenvalue weighted by atomic mass is 16.4. The number of aliphatic carboxylic acids is 1. The van der Waals surface area contributed by atoms with Crippen LogP contribution < -0.4 is 0 Å². The number of rotatable bonds is 15. The molecule has 0 aliphatic rings. The summed E-state index contributed by atoms with van der Waals surface area (Å²) in [5.41, 5.74) is 0. The zero-order valence-electron chi connectivity index (χ0n) is 14.3. The lowest BCUT2D eigenvalue weighted by molar-refractivity contribution is -0.136. The number of carboxylic acid groups (broad SMARTS) is 1. The molecule has 0 aromatic carbocycles. The molecule has 0 atom stereocenters. The van der Waals surface area contributed by atoms with Crippen LogP contribution >= 0.6 is 0 Å². The maximum Gasteiger partial charge on any atom is 0.303 e. The van der Waals surface area contributed by atoms with Crippen LogP contribution in [0.3, 0.4) is 0 Å². The van der Waals surface area contributed by atoms with Crippen LogP contribution in [0.1, 0.15) is 84.0 Å². The maximum absolute atomic E-state index is 10.3. The Bertz CT molecular complexity index is 327. The van der Waals surface area contributed by atoms with Crippen LogP contribution in [0, 0.1) is 0 Å². The molecule has 0 spiro atoms. The van der Waals surface area contributed by atoms with E-state index < -0.39 is 5.97 Å². The predicted octanol–water partition coefficient (Wildman–Crippen LogP) is 6.44. The fourth-order valence-electron chi connectivity index (χ4n) is 2.23. The largest absolute Gasteiger partial charge is 0.481 e. The van der Waals surface area contributed by atoms with Crippen molar-refractivity contribution in [3.63, 3.8) is 0 Å². The van der Waals surface area contributed by atoms with Gasteiger partial charge in [-0.05, 0) is 44.9 Å². The van der Waals surface area contributed by atoms with E-state index in [-0.39, 0.29) is 6.42 Å². The Morgan fingerprint density at radius 2 is 1.23 bits per heavy atom. The van der Waals surface area contributed by atoms with Crippen molar-refractivity contribution in [1.82, 2.24) is 0 Å². The third-order valence-corrected chi connectivity index (χ3v) is 3.52. The molecule has 0 radical (unpaired) electrons. The van der Waals surface area contributed by atoms with Gasteiger partial charge in [-0.15, -0.1) is 0 Å². The fourth-order valence-corrected chi connectivity index (χ4v) is 2.23. The molecule has 126 valence electrons. The zero-order chi connectivity index (χ0) is 16.3. The Kier molecular flexibility index (Phi) is 16.7. The van der Waals surface area contributed by atoms with Gasteiger partial charge in [-0.3, -0.25) is 4.79 Å². The molecule has 0 heterocycles. The Morgan fingerprint density at radius 3 is 1.82 bits per heavy atom. The number of hydrogen-bond acceptors (Lipinski definition) is 1. The van der Waals surface area contributed by atoms with E-state index in [1.807, 2.05) is 6.08 Å². The molecule has 0 fully saturated rings. The Morgan fingerprint density at radius 1 is 0.727 bits per heavy atom. The van der Waals surface area contributed by atoms with Crippen molar-refractivity contribution in [2.45, 2.75) is 84.0 Å². The highest BCUT2D eigenvalue weighted by molar-refractivity contribution is 5.66. The SMILES string of the molecule is CCC=CCC=CCCCCCCCCC=CCCC(=O)O. The summed E-state index contributed by atoms with van der Waals surface area (Å²) in [5.74, 6) is -0.711. The average Bonchev–Trinajstić information content (AvgIpc) is 2.50. The van der Waals surface area contributed by atoms with E-state index in [2.05, 4.69) is 37.3 Å². The highest BCUT2D eigenvalue weighted by Crippen LogP contribution is 2.09. The molecule has 0 saturated heterocycles. The van der Waals surface area contributed by atoms with Crippen LogP contribution in [0.4, 0.5) is 0 Å². The van der Waals surface area contributed by atoms with Crippen molar-refractivity contribution in [3.05, 3.63) is 36.5 Å². The van der Waals surface area contributed by atoms with Gasteiger partial charge in [-0.1, -0.05) is 69.1 Å². The third kappa shape index (κ3) is 18.7. The summed E-state index contributed by atoms with van der Waals surface area (Å²) in [6.45, 7) is 2.16. The van der Waals surface area contributed by atoms with Crippen molar-refractivity contribution in [2.24, 2.45) is 0 Å². The van der Waals surface area contributed by atoms with E-state index in [0.29, 0.717) is 6.42 Å². The van der Waals surface area contributed by atoms with Gasteiger partial charge in [0.15, 0.2) is 0 Å². The molecule has 0 saturated carbocycles. The second-order valence-corrected chi connectivity index (χ2v) is 5.69. The van der Waals surface area contributed by atoms with Crippen LogP contribution in [0.2, 0.25) is 0 Å². The Hall–Kier alpha value is -1.31. The van der Waals surface area contributed by atoms with Gasteiger partial charge in [0.05, 0.1) is 0 Å². The number of carboxylic acids is 1. The van der Waals surface area contributed by atoms with Crippen LogP contribution in [0.5, 0.6) is 0 Å². The van der Waals surface area contributed by atoms with Gasteiger partial charge in [0.25, 0.3) is 0 Å². The minimum absolute atomic E-state index is 0.250. The third-order valence-electron chi connectivity index (χ3n) is 3.52. The molecule has 0 rings (SSSR count). The van der Waals surface area contributed by atoms with Crippen molar-refractivity contribution in [1.29, 1.82) is 0 Å². The van der Waals surface area contributed by atoms with Gasteiger partial charge in [-0.2, -0.15) is 0 Å². The van der Waals surface area contributed by atoms with E-state index in [0.717, 1.165) is 19.3 Å². The summed E-state index contributed by atoms with van der Waals surface area (Å²) in [6.07, 6.45) is 26.4. The topological polar surface area (TPSA) is 37.3 Å². The second kappa shape index (κ2) is 17.7. The summed E-state index contributed by atoms with van der Waals surface area (Å²) in [7, 11) is 0. The van der Waals surface area contributed by atoms with Gasteiger partial charge < -0.3 is 5.11 Å². The molecule has 2 heteroatoms. The predicted molar refractivity (Wildman–Crippen MR) is 96.1 cm³/mol. The van der Waals surface area contributed by atoms with E-state index in [1.54, 1.807) is 0 Å². The Labute approximate surface area is 137 Å². The van der Waals surface area contributed by atoms with Crippen molar-refractivity contribution >= 4 is 5.97 Å². The molecule has 0 bridgehead atoms. The minimum atomic E-state index is -0.711. The quantitative estimate of drug-likeness (QED) is 0.279. The maximum atomic E-state index is 10.3. The molecule has 1 N–H and O–H groups in total. The van der Waals surface area contributed by atoms with Gasteiger partial charge in [-0.25, -0.2) is 0 Å². The number of unbranched alkanes of at least 4 members (excludes halogenated alkanes) is 7. The molecule has 0 amide bonds. The minimum Gasteiger partial charge on any atom is -0.481 e. The van der Waals surface area contributed by atoms with Crippen molar-refractivity contribution in [3.8, 4) is 0 Å². The fraction of sp³-hybridized carbons (Fsp3) is 0.650. The van der Waals surface area contributed by atoms with Crippen molar-refractivity contribution in [2.75, 3.05) is 0 Å². The van der Waals surface area contributed by atoms with E-state index in [1.165, 1.54) is 44.9 Å². The monoisotopic (exact) mass is 306 g/mol. The highest BCUT2D eigenvalue weighted by Gasteiger charge is 1.92. The number of hydrogen-bond donors (Lipinski definition) is 1. The smallest absolute Gasteiger partial charge is 0.303 e. The number of allylic oxidation sites excluding steroid dienone is 6. The summed E-state index contributed by atoms with van der Waals surface area (Å²) < 4.78 is 0. The molecule has 0 aromatic heterocycles. The second-order valence-electron chi connectivity index (χ2n) is 5.69. The lowest BCUT2D eigenvalue weighted by Gasteiger charge is -1.99. The van der Waals surface area contributed by atoms with Crippen molar-refractivity contribution < 1.29 is 9.90 Å². The van der Waals surface area contributed by atoms with Gasteiger partial charge >= 0.3 is 5.97 Å². The summed E-state index contributed by atoms with van der Waals surface area (Å²) in [4.78, 5) is 10.3. The summed E-state index contributed by atoms with van der Waals surface area (Å²) in [6, 6.07) is 0. The first-order chi connectivity index (χ1) is 10.8. The molecule has 0 aromatic rings. The summed E-state index contributed by atoms with van der Waals surface area (Å²) in [5, 5.41) is 8.50. The average molecular weight is 306 g/mol. The van der Waals surface area contributed by atoms with Crippen LogP contribution in [0.25, 0.3) is 0 Å². The zero-order valence-corrected chi connectivity index (χ0v) is 14.3. The standard InChI is InChI=1S/C20H34O2/c1-2-3-4-5-6-7-8-9-10-11-12-13-14-15-16-17-18-19-20(21)22/h3-4,6-7,16-17H,2,5,8-15,18-19H2,1H3,(H,21,22). The molecule has 22 heavy (non-hydrogen) atoms. The van der Waals surface area contributed by atoms with Crippen LogP contribution in [-0.4, -0.2) is 11.1 Å².